The van der Waals surface area contributed by atoms with Gasteiger partial charge < -0.3 is 10.1 Å². The first kappa shape index (κ1) is 34.8. The van der Waals surface area contributed by atoms with Crippen LogP contribution in [-0.4, -0.2) is 65.4 Å². The molecular formula is C24H40NO10PS2. The monoisotopic (exact) mass is 597 g/mol. The lowest BCUT2D eigenvalue weighted by molar-refractivity contribution is -0.140. The highest BCUT2D eigenvalue weighted by Crippen LogP contribution is 2.57. The Balaban J connectivity index is 2.41. The molecule has 1 N–H and O–H groups in total. The van der Waals surface area contributed by atoms with Crippen LogP contribution in [0.3, 0.4) is 0 Å². The molecule has 1 aliphatic heterocycles. The molecule has 0 aliphatic carbocycles. The van der Waals surface area contributed by atoms with Gasteiger partial charge in [0.2, 0.25) is 6.79 Å². The molecule has 1 aliphatic rings. The number of thioether (sulfide) groups is 2. The smallest absolute Gasteiger partial charge is 0.422 e. The number of ether oxygens (including phenoxy) is 1. The van der Waals surface area contributed by atoms with Gasteiger partial charge in [0.05, 0.1) is 6.61 Å². The van der Waals surface area contributed by atoms with E-state index in [2.05, 4.69) is 5.32 Å². The summed E-state index contributed by atoms with van der Waals surface area (Å²) < 4.78 is 33.4. The zero-order valence-corrected chi connectivity index (χ0v) is 25.5. The minimum absolute atomic E-state index is 0.000324. The summed E-state index contributed by atoms with van der Waals surface area (Å²) in [6.45, 7) is 9.72. The van der Waals surface area contributed by atoms with E-state index in [-0.39, 0.29) is 47.8 Å². The molecule has 1 heterocycles. The summed E-state index contributed by atoms with van der Waals surface area (Å²) in [6, 6.07) is 0. The molecule has 0 bridgehead atoms. The second-order valence-electron chi connectivity index (χ2n) is 10.5. The van der Waals surface area contributed by atoms with Gasteiger partial charge in [0, 0.05) is 55.1 Å². The predicted molar refractivity (Wildman–Crippen MR) is 146 cm³/mol. The molecule has 38 heavy (non-hydrogen) atoms. The average Bonchev–Trinajstić information content (AvgIpc) is 2.80. The second-order valence-corrected chi connectivity index (χ2v) is 14.4. The largest absolute Gasteiger partial charge is 0.478 e. The molecule has 0 aromatic heterocycles. The van der Waals surface area contributed by atoms with Crippen molar-refractivity contribution in [3.8, 4) is 0 Å². The summed E-state index contributed by atoms with van der Waals surface area (Å²) >= 11 is 2.28. The molecule has 1 saturated heterocycles. The minimum Gasteiger partial charge on any atom is -0.422 e. The van der Waals surface area contributed by atoms with Crippen LogP contribution in [0, 0.1) is 10.8 Å². The normalized spacial score (nSPS) is 20.9. The van der Waals surface area contributed by atoms with Gasteiger partial charge in [-0.1, -0.05) is 58.1 Å². The molecule has 1 rings (SSSR count). The lowest BCUT2D eigenvalue weighted by atomic mass is 9.84. The maximum Gasteiger partial charge on any atom is 0.478 e. The molecule has 2 atom stereocenters. The van der Waals surface area contributed by atoms with Gasteiger partial charge in [-0.2, -0.15) is 0 Å². The summed E-state index contributed by atoms with van der Waals surface area (Å²) in [5, 5.41) is 2.46. The molecule has 218 valence electrons. The van der Waals surface area contributed by atoms with E-state index >= 15 is 0 Å². The van der Waals surface area contributed by atoms with Crippen molar-refractivity contribution in [1.29, 1.82) is 0 Å². The lowest BCUT2D eigenvalue weighted by Gasteiger charge is -2.39. The minimum atomic E-state index is -4.17. The third-order valence-electron chi connectivity index (χ3n) is 5.23. The summed E-state index contributed by atoms with van der Waals surface area (Å²) in [6.07, 6.45) is -0.383. The number of carbonyl (C=O) groups is 5. The SMILES string of the molecule is CC(=O)SCCCC(=O)CCCC(=O)[C@@H]1OP(=O)(OCOC(=O)NCCSC(=O)C(C)(C)C)OCC1(C)C. The van der Waals surface area contributed by atoms with Crippen LogP contribution in [0.1, 0.15) is 73.6 Å². The molecule has 11 nitrogen and oxygen atoms in total. The van der Waals surface area contributed by atoms with E-state index in [9.17, 15) is 28.5 Å². The molecule has 0 radical (unpaired) electrons. The Labute approximate surface area is 233 Å². The van der Waals surface area contributed by atoms with Gasteiger partial charge in [0.1, 0.15) is 11.9 Å². The molecule has 0 saturated carbocycles. The highest BCUT2D eigenvalue weighted by atomic mass is 32.2. The topological polar surface area (TPSA) is 151 Å². The van der Waals surface area contributed by atoms with Crippen LogP contribution in [0.5, 0.6) is 0 Å². The van der Waals surface area contributed by atoms with Crippen molar-refractivity contribution in [2.75, 3.05) is 31.5 Å². The van der Waals surface area contributed by atoms with E-state index < -0.39 is 37.6 Å². The summed E-state index contributed by atoms with van der Waals surface area (Å²) in [4.78, 5) is 59.4. The molecule has 14 heteroatoms. The van der Waals surface area contributed by atoms with Gasteiger partial charge in [0.15, 0.2) is 16.0 Å². The zero-order valence-electron chi connectivity index (χ0n) is 23.0. The molecule has 0 aromatic carbocycles. The first-order valence-corrected chi connectivity index (χ1v) is 15.8. The molecule has 0 spiro atoms. The maximum atomic E-state index is 12.9. The van der Waals surface area contributed by atoms with Crippen LogP contribution in [0.2, 0.25) is 0 Å². The predicted octanol–water partition coefficient (Wildman–Crippen LogP) is 4.91. The Morgan fingerprint density at radius 3 is 2.32 bits per heavy atom. The van der Waals surface area contributed by atoms with Gasteiger partial charge in [-0.3, -0.25) is 28.2 Å². The average molecular weight is 598 g/mol. The number of Topliss-reactive ketones (excluding diaryl/α,β-unsaturated/α-hetero) is 2. The number of phosphoric ester groups is 1. The number of ketones is 2. The van der Waals surface area contributed by atoms with E-state index in [1.54, 1.807) is 34.6 Å². The molecule has 1 amide bonds. The number of rotatable bonds is 15. The number of phosphoric acid groups is 1. The van der Waals surface area contributed by atoms with Crippen molar-refractivity contribution in [3.63, 3.8) is 0 Å². The number of hydrogen-bond acceptors (Lipinski definition) is 12. The van der Waals surface area contributed by atoms with Gasteiger partial charge in [-0.05, 0) is 12.8 Å². The van der Waals surface area contributed by atoms with Crippen LogP contribution in [0.15, 0.2) is 0 Å². The fraction of sp³-hybridized carbons (Fsp3) is 0.792. The second kappa shape index (κ2) is 16.1. The third kappa shape index (κ3) is 13.7. The van der Waals surface area contributed by atoms with Crippen molar-refractivity contribution in [3.05, 3.63) is 0 Å². The van der Waals surface area contributed by atoms with Crippen LogP contribution in [-0.2, 0) is 42.1 Å². The third-order valence-corrected chi connectivity index (χ3v) is 8.75. The van der Waals surface area contributed by atoms with Gasteiger partial charge >= 0.3 is 13.9 Å². The van der Waals surface area contributed by atoms with E-state index in [4.69, 9.17) is 18.3 Å². The molecule has 1 fully saturated rings. The van der Waals surface area contributed by atoms with Crippen molar-refractivity contribution in [2.24, 2.45) is 10.8 Å². The van der Waals surface area contributed by atoms with Gasteiger partial charge in [0.25, 0.3) is 0 Å². The lowest BCUT2D eigenvalue weighted by Crippen LogP contribution is -2.45. The molecule has 0 aromatic rings. The van der Waals surface area contributed by atoms with Crippen LogP contribution >= 0.6 is 31.3 Å². The molecule has 1 unspecified atom stereocenters. The number of nitrogens with one attached hydrogen (secondary N) is 1. The van der Waals surface area contributed by atoms with Crippen LogP contribution in [0.4, 0.5) is 4.79 Å². The highest BCUT2D eigenvalue weighted by molar-refractivity contribution is 8.13. The summed E-state index contributed by atoms with van der Waals surface area (Å²) in [5.41, 5.74) is -1.27. The standard InChI is InChI=1S/C24H40NO10PS2/c1-17(26)37-13-8-10-18(27)9-7-11-19(28)20-24(5,6)15-33-36(31,35-20)34-16-32-22(30)25-12-14-38-21(29)23(2,3)4/h20H,7-16H2,1-6H3,(H,25,30)/t20-,36?/m0/s1. The maximum absolute atomic E-state index is 12.9. The zero-order chi connectivity index (χ0) is 29.0. The number of alkyl carbamates (subject to hydrolysis) is 1. The first-order valence-electron chi connectivity index (χ1n) is 12.4. The Kier molecular flexibility index (Phi) is 14.8. The van der Waals surface area contributed by atoms with Crippen LogP contribution < -0.4 is 5.32 Å². The number of amides is 1. The van der Waals surface area contributed by atoms with Crippen LogP contribution in [0.25, 0.3) is 0 Å². The summed E-state index contributed by atoms with van der Waals surface area (Å²) in [5.74, 6) is 0.628. The van der Waals surface area contributed by atoms with E-state index in [0.717, 1.165) is 11.8 Å². The van der Waals surface area contributed by atoms with Crippen molar-refractivity contribution in [2.45, 2.75) is 79.8 Å². The Morgan fingerprint density at radius 1 is 1.03 bits per heavy atom. The number of hydrogen-bond donors (Lipinski definition) is 1. The van der Waals surface area contributed by atoms with E-state index in [1.807, 2.05) is 0 Å². The molecular weight excluding hydrogens is 557 g/mol. The highest BCUT2D eigenvalue weighted by Gasteiger charge is 2.48. The van der Waals surface area contributed by atoms with Gasteiger partial charge in [-0.15, -0.1) is 0 Å². The quantitative estimate of drug-likeness (QED) is 0.155. The Hall–Kier alpha value is -1.24. The fourth-order valence-electron chi connectivity index (χ4n) is 3.10. The fourth-order valence-corrected chi connectivity index (χ4v) is 6.02. The van der Waals surface area contributed by atoms with Crippen molar-refractivity contribution < 1.29 is 46.8 Å². The van der Waals surface area contributed by atoms with E-state index in [0.29, 0.717) is 30.8 Å². The summed E-state index contributed by atoms with van der Waals surface area (Å²) in [7, 11) is -4.17. The number of carbonyl (C=O) groups excluding carboxylic acids is 5. The Bertz CT molecular complexity index is 903. The first-order chi connectivity index (χ1) is 17.6. The van der Waals surface area contributed by atoms with E-state index in [1.165, 1.54) is 18.7 Å². The Morgan fingerprint density at radius 2 is 1.68 bits per heavy atom. The van der Waals surface area contributed by atoms with Gasteiger partial charge in [-0.25, -0.2) is 13.9 Å². The van der Waals surface area contributed by atoms with Crippen molar-refractivity contribution >= 4 is 59.2 Å². The van der Waals surface area contributed by atoms with Crippen molar-refractivity contribution in [1.82, 2.24) is 5.32 Å².